The molecule has 0 unspecified atom stereocenters. The number of unbranched alkanes of at least 4 members (excludes halogenated alkanes) is 2. The minimum absolute atomic E-state index is 0.626. The topological polar surface area (TPSA) is 40.5 Å². The summed E-state index contributed by atoms with van der Waals surface area (Å²) < 4.78 is 0. The molecule has 0 aliphatic heterocycles. The van der Waals surface area contributed by atoms with E-state index in [1.807, 2.05) is 0 Å². The first-order chi connectivity index (χ1) is 4.06. The molecule has 9 heavy (non-hydrogen) atoms. The van der Waals surface area contributed by atoms with Crippen molar-refractivity contribution in [1.82, 2.24) is 0 Å². The Morgan fingerprint density at radius 3 is 2.11 bits per heavy atom. The highest BCUT2D eigenvalue weighted by Crippen LogP contribution is 2.07. The van der Waals surface area contributed by atoms with Gasteiger partial charge < -0.3 is 9.59 Å². The predicted octanol–water partition coefficient (Wildman–Crippen LogP) is 1.23. The van der Waals surface area contributed by atoms with Gasteiger partial charge in [0.1, 0.15) is 0 Å². The molecular weight excluding hydrogens is 132 g/mol. The quantitative estimate of drug-likeness (QED) is 0.465. The van der Waals surface area contributed by atoms with Gasteiger partial charge in [-0.2, -0.15) is 0 Å². The van der Waals surface area contributed by atoms with Crippen LogP contribution in [0.15, 0.2) is 0 Å². The highest BCUT2D eigenvalue weighted by Gasteiger charge is 2.19. The Balaban J connectivity index is 3.07. The van der Waals surface area contributed by atoms with Gasteiger partial charge in [0.25, 0.3) is 0 Å². The second kappa shape index (κ2) is 4.03. The third-order valence-electron chi connectivity index (χ3n) is 1.25. The molecule has 0 rings (SSSR count). The number of hydrogen-bond acceptors (Lipinski definition) is 2. The van der Waals surface area contributed by atoms with Gasteiger partial charge in [-0.3, -0.25) is 0 Å². The first-order valence-electron chi connectivity index (χ1n) is 3.51. The lowest BCUT2D eigenvalue weighted by Gasteiger charge is -2.09. The van der Waals surface area contributed by atoms with Crippen LogP contribution in [0.4, 0.5) is 0 Å². The SMILES string of the molecule is CCCCC[Si](C)(O)O. The summed E-state index contributed by atoms with van der Waals surface area (Å²) in [6.45, 7) is 3.66. The van der Waals surface area contributed by atoms with Crippen molar-refractivity contribution in [2.75, 3.05) is 0 Å². The Morgan fingerprint density at radius 2 is 1.78 bits per heavy atom. The fraction of sp³-hybridized carbons (Fsp3) is 1.00. The van der Waals surface area contributed by atoms with Gasteiger partial charge in [-0.05, 0) is 12.6 Å². The molecule has 0 aromatic carbocycles. The predicted molar refractivity (Wildman–Crippen MR) is 40.4 cm³/mol. The molecule has 0 amide bonds. The summed E-state index contributed by atoms with van der Waals surface area (Å²) in [4.78, 5) is 17.9. The maximum absolute atomic E-state index is 8.94. The Bertz CT molecular complexity index is 67.9. The van der Waals surface area contributed by atoms with Crippen LogP contribution in [0.3, 0.4) is 0 Å². The molecule has 0 heterocycles. The summed E-state index contributed by atoms with van der Waals surface area (Å²) in [6, 6.07) is 0.626. The van der Waals surface area contributed by atoms with Gasteiger partial charge in [0.15, 0.2) is 0 Å². The molecule has 3 heteroatoms. The molecule has 0 spiro atoms. The van der Waals surface area contributed by atoms with Crippen molar-refractivity contribution in [2.24, 2.45) is 0 Å². The van der Waals surface area contributed by atoms with Crippen LogP contribution in [0.1, 0.15) is 26.2 Å². The largest absolute Gasteiger partial charge is 0.411 e. The van der Waals surface area contributed by atoms with E-state index in [2.05, 4.69) is 6.92 Å². The van der Waals surface area contributed by atoms with Crippen molar-refractivity contribution >= 4 is 8.56 Å². The third-order valence-corrected chi connectivity index (χ3v) is 2.55. The normalized spacial score (nSPS) is 12.0. The highest BCUT2D eigenvalue weighted by atomic mass is 28.4. The first kappa shape index (κ1) is 9.14. The molecule has 0 radical (unpaired) electrons. The molecule has 0 aromatic heterocycles. The molecule has 0 saturated carbocycles. The monoisotopic (exact) mass is 148 g/mol. The van der Waals surface area contributed by atoms with E-state index in [4.69, 9.17) is 9.59 Å². The minimum Gasteiger partial charge on any atom is -0.411 e. The zero-order chi connectivity index (χ0) is 7.33. The molecule has 0 atom stereocenters. The van der Waals surface area contributed by atoms with Crippen LogP contribution in [0.2, 0.25) is 12.6 Å². The van der Waals surface area contributed by atoms with Crippen molar-refractivity contribution in [1.29, 1.82) is 0 Å². The van der Waals surface area contributed by atoms with Crippen LogP contribution in [0.25, 0.3) is 0 Å². The van der Waals surface area contributed by atoms with Gasteiger partial charge in [0.05, 0.1) is 0 Å². The molecular formula is C6H16O2Si. The molecule has 0 aromatic rings. The van der Waals surface area contributed by atoms with E-state index in [-0.39, 0.29) is 0 Å². The van der Waals surface area contributed by atoms with Crippen LogP contribution in [0, 0.1) is 0 Å². The highest BCUT2D eigenvalue weighted by molar-refractivity contribution is 6.63. The second-order valence-electron chi connectivity index (χ2n) is 2.67. The molecule has 56 valence electrons. The van der Waals surface area contributed by atoms with E-state index in [1.165, 1.54) is 0 Å². The van der Waals surface area contributed by atoms with Crippen molar-refractivity contribution in [3.63, 3.8) is 0 Å². The third kappa shape index (κ3) is 8.14. The van der Waals surface area contributed by atoms with Crippen LogP contribution < -0.4 is 0 Å². The summed E-state index contributed by atoms with van der Waals surface area (Å²) in [5.74, 6) is 0. The Kier molecular flexibility index (Phi) is 4.09. The second-order valence-corrected chi connectivity index (χ2v) is 5.61. The van der Waals surface area contributed by atoms with Crippen LogP contribution in [-0.2, 0) is 0 Å². The lowest BCUT2D eigenvalue weighted by atomic mass is 10.3. The molecule has 2 N–H and O–H groups in total. The minimum atomic E-state index is -2.69. The van der Waals surface area contributed by atoms with Crippen molar-refractivity contribution in [2.45, 2.75) is 38.8 Å². The fourth-order valence-corrected chi connectivity index (χ4v) is 1.63. The summed E-state index contributed by atoms with van der Waals surface area (Å²) in [7, 11) is -2.69. The first-order valence-corrected chi connectivity index (χ1v) is 6.11. The molecule has 0 aliphatic rings. The van der Waals surface area contributed by atoms with Crippen molar-refractivity contribution in [3.05, 3.63) is 0 Å². The van der Waals surface area contributed by atoms with Gasteiger partial charge in [-0.25, -0.2) is 0 Å². The molecule has 0 aliphatic carbocycles. The maximum Gasteiger partial charge on any atom is 0.329 e. The summed E-state index contributed by atoms with van der Waals surface area (Å²) in [5, 5.41) is 0. The summed E-state index contributed by atoms with van der Waals surface area (Å²) in [5.41, 5.74) is 0. The summed E-state index contributed by atoms with van der Waals surface area (Å²) >= 11 is 0. The van der Waals surface area contributed by atoms with E-state index in [0.717, 1.165) is 19.3 Å². The number of hydrogen-bond donors (Lipinski definition) is 2. The van der Waals surface area contributed by atoms with Crippen LogP contribution in [0.5, 0.6) is 0 Å². The average molecular weight is 148 g/mol. The average Bonchev–Trinajstić information content (AvgIpc) is 1.63. The van der Waals surface area contributed by atoms with Gasteiger partial charge >= 0.3 is 8.56 Å². The maximum atomic E-state index is 8.94. The van der Waals surface area contributed by atoms with Crippen molar-refractivity contribution in [3.8, 4) is 0 Å². The zero-order valence-corrected chi connectivity index (χ0v) is 7.22. The van der Waals surface area contributed by atoms with Crippen LogP contribution in [-0.4, -0.2) is 18.2 Å². The van der Waals surface area contributed by atoms with E-state index < -0.39 is 8.56 Å². The fourth-order valence-electron chi connectivity index (χ4n) is 0.710. The molecule has 2 nitrogen and oxygen atoms in total. The smallest absolute Gasteiger partial charge is 0.329 e. The Hall–Kier alpha value is 0.137. The molecule has 0 bridgehead atoms. The van der Waals surface area contributed by atoms with Gasteiger partial charge in [0.2, 0.25) is 0 Å². The van der Waals surface area contributed by atoms with E-state index in [0.29, 0.717) is 6.04 Å². The standard InChI is InChI=1S/C6H16O2Si/c1-3-4-5-6-9(2,7)8/h7-8H,3-6H2,1-2H3. The summed E-state index contributed by atoms with van der Waals surface area (Å²) in [6.07, 6.45) is 3.22. The van der Waals surface area contributed by atoms with Crippen LogP contribution >= 0.6 is 0 Å². The van der Waals surface area contributed by atoms with Gasteiger partial charge in [-0.1, -0.05) is 26.2 Å². The Morgan fingerprint density at radius 1 is 1.22 bits per heavy atom. The van der Waals surface area contributed by atoms with E-state index >= 15 is 0 Å². The van der Waals surface area contributed by atoms with E-state index in [1.54, 1.807) is 6.55 Å². The van der Waals surface area contributed by atoms with Gasteiger partial charge in [-0.15, -0.1) is 0 Å². The van der Waals surface area contributed by atoms with Crippen molar-refractivity contribution < 1.29 is 9.59 Å². The molecule has 0 fully saturated rings. The Labute approximate surface area is 57.8 Å². The lowest BCUT2D eigenvalue weighted by molar-refractivity contribution is 0.366. The van der Waals surface area contributed by atoms with Gasteiger partial charge in [0, 0.05) is 0 Å². The zero-order valence-electron chi connectivity index (χ0n) is 6.22. The lowest BCUT2D eigenvalue weighted by Crippen LogP contribution is -2.29. The number of rotatable bonds is 4. The molecule has 0 saturated heterocycles. The van der Waals surface area contributed by atoms with E-state index in [9.17, 15) is 0 Å².